The largest absolute Gasteiger partial charge is 0.475 e. The van der Waals surface area contributed by atoms with Crippen LogP contribution in [0, 0.1) is 0 Å². The van der Waals surface area contributed by atoms with Crippen LogP contribution in [-0.4, -0.2) is 26.9 Å². The predicted molar refractivity (Wildman–Crippen MR) is 52.1 cm³/mol. The van der Waals surface area contributed by atoms with Crippen molar-refractivity contribution in [1.29, 1.82) is 0 Å². The minimum atomic E-state index is -0.964. The first-order chi connectivity index (χ1) is 6.19. The molecule has 13 heavy (non-hydrogen) atoms. The van der Waals surface area contributed by atoms with E-state index in [1.807, 2.05) is 13.2 Å². The van der Waals surface area contributed by atoms with E-state index in [1.54, 1.807) is 22.5 Å². The van der Waals surface area contributed by atoms with Crippen molar-refractivity contribution in [3.05, 3.63) is 17.7 Å². The molecule has 0 fully saturated rings. The van der Waals surface area contributed by atoms with Gasteiger partial charge in [0.2, 0.25) is 5.82 Å². The molecule has 0 saturated carbocycles. The Labute approximate surface area is 81.0 Å². The van der Waals surface area contributed by atoms with E-state index in [-0.39, 0.29) is 5.82 Å². The highest BCUT2D eigenvalue weighted by Gasteiger charge is 2.12. The number of carbonyl (C=O) groups is 1. The number of nitrogens with zero attached hydrogens (tertiary/aromatic N) is 2. The number of aromatic nitrogens is 2. The van der Waals surface area contributed by atoms with E-state index in [0.29, 0.717) is 6.54 Å². The van der Waals surface area contributed by atoms with Crippen molar-refractivity contribution >= 4 is 17.7 Å². The van der Waals surface area contributed by atoms with Crippen LogP contribution in [0.2, 0.25) is 0 Å². The summed E-state index contributed by atoms with van der Waals surface area (Å²) in [6, 6.07) is 0. The van der Waals surface area contributed by atoms with Crippen molar-refractivity contribution in [1.82, 2.24) is 9.55 Å². The van der Waals surface area contributed by atoms with Gasteiger partial charge in [0.05, 0.1) is 5.69 Å². The highest BCUT2D eigenvalue weighted by atomic mass is 32.2. The zero-order chi connectivity index (χ0) is 9.84. The van der Waals surface area contributed by atoms with Crippen LogP contribution < -0.4 is 0 Å². The molecule has 0 atom stereocenters. The molecule has 0 spiro atoms. The summed E-state index contributed by atoms with van der Waals surface area (Å²) in [5.74, 6) is -0.0754. The Morgan fingerprint density at radius 3 is 2.85 bits per heavy atom. The first-order valence-electron chi connectivity index (χ1n) is 3.97. The van der Waals surface area contributed by atoms with Crippen molar-refractivity contribution in [2.75, 3.05) is 6.26 Å². The quantitative estimate of drug-likeness (QED) is 0.799. The molecule has 1 heterocycles. The van der Waals surface area contributed by atoms with Gasteiger partial charge >= 0.3 is 5.97 Å². The number of imidazole rings is 1. The molecule has 0 unspecified atom stereocenters. The van der Waals surface area contributed by atoms with Crippen molar-refractivity contribution in [2.45, 2.75) is 19.2 Å². The van der Waals surface area contributed by atoms with E-state index in [9.17, 15) is 4.79 Å². The SMILES string of the molecule is CCn1cc(CSC)nc1C(=O)O. The van der Waals surface area contributed by atoms with Gasteiger partial charge in [0.15, 0.2) is 0 Å². The maximum atomic E-state index is 10.7. The summed E-state index contributed by atoms with van der Waals surface area (Å²) >= 11 is 1.63. The number of aryl methyl sites for hydroxylation is 1. The molecular formula is C8H12N2O2S. The monoisotopic (exact) mass is 200 g/mol. The second-order valence-corrected chi connectivity index (χ2v) is 3.45. The maximum absolute atomic E-state index is 10.7. The highest BCUT2D eigenvalue weighted by molar-refractivity contribution is 7.97. The molecule has 0 radical (unpaired) electrons. The van der Waals surface area contributed by atoms with Crippen LogP contribution >= 0.6 is 11.8 Å². The van der Waals surface area contributed by atoms with Gasteiger partial charge in [-0.3, -0.25) is 0 Å². The highest BCUT2D eigenvalue weighted by Crippen LogP contribution is 2.09. The first kappa shape index (κ1) is 10.1. The topological polar surface area (TPSA) is 55.1 Å². The summed E-state index contributed by atoms with van der Waals surface area (Å²) in [7, 11) is 0. The smallest absolute Gasteiger partial charge is 0.372 e. The van der Waals surface area contributed by atoms with Gasteiger partial charge in [-0.2, -0.15) is 11.8 Å². The standard InChI is InChI=1S/C8H12N2O2S/c1-3-10-4-6(5-13-2)9-7(10)8(11)12/h4H,3,5H2,1-2H3,(H,11,12). The van der Waals surface area contributed by atoms with Crippen LogP contribution in [0.3, 0.4) is 0 Å². The molecule has 0 aliphatic rings. The lowest BCUT2D eigenvalue weighted by Crippen LogP contribution is -2.07. The molecule has 0 saturated heterocycles. The number of thioether (sulfide) groups is 1. The fraction of sp³-hybridized carbons (Fsp3) is 0.500. The molecule has 1 aromatic heterocycles. The van der Waals surface area contributed by atoms with E-state index < -0.39 is 5.97 Å². The van der Waals surface area contributed by atoms with Gasteiger partial charge in [0.1, 0.15) is 0 Å². The van der Waals surface area contributed by atoms with Crippen LogP contribution in [0.1, 0.15) is 23.2 Å². The molecule has 0 amide bonds. The Hall–Kier alpha value is -0.970. The molecule has 0 bridgehead atoms. The Balaban J connectivity index is 2.97. The zero-order valence-corrected chi connectivity index (χ0v) is 8.47. The van der Waals surface area contributed by atoms with Gasteiger partial charge < -0.3 is 9.67 Å². The minimum absolute atomic E-state index is 0.131. The molecule has 1 aromatic rings. The van der Waals surface area contributed by atoms with Gasteiger partial charge in [-0.05, 0) is 13.2 Å². The lowest BCUT2D eigenvalue weighted by atomic mass is 10.5. The average molecular weight is 200 g/mol. The van der Waals surface area contributed by atoms with Gasteiger partial charge in [-0.25, -0.2) is 9.78 Å². The van der Waals surface area contributed by atoms with Crippen LogP contribution in [-0.2, 0) is 12.3 Å². The fourth-order valence-electron chi connectivity index (χ4n) is 1.10. The van der Waals surface area contributed by atoms with Crippen molar-refractivity contribution < 1.29 is 9.90 Å². The second kappa shape index (κ2) is 4.32. The number of carboxylic acids is 1. The number of aromatic carboxylic acids is 1. The van der Waals surface area contributed by atoms with E-state index in [2.05, 4.69) is 4.98 Å². The van der Waals surface area contributed by atoms with Crippen molar-refractivity contribution in [3.8, 4) is 0 Å². The molecular weight excluding hydrogens is 188 g/mol. The number of hydrogen-bond acceptors (Lipinski definition) is 3. The third kappa shape index (κ3) is 2.24. The lowest BCUT2D eigenvalue weighted by Gasteiger charge is -1.97. The lowest BCUT2D eigenvalue weighted by molar-refractivity contribution is 0.0678. The minimum Gasteiger partial charge on any atom is -0.475 e. The number of hydrogen-bond donors (Lipinski definition) is 1. The Kier molecular flexibility index (Phi) is 3.36. The summed E-state index contributed by atoms with van der Waals surface area (Å²) in [6.07, 6.45) is 3.76. The van der Waals surface area contributed by atoms with Crippen molar-refractivity contribution in [2.24, 2.45) is 0 Å². The molecule has 0 aliphatic heterocycles. The van der Waals surface area contributed by atoms with E-state index >= 15 is 0 Å². The third-order valence-corrected chi connectivity index (χ3v) is 2.24. The summed E-state index contributed by atoms with van der Waals surface area (Å²) < 4.78 is 1.65. The molecule has 1 rings (SSSR count). The average Bonchev–Trinajstić information content (AvgIpc) is 2.48. The Bertz CT molecular complexity index is 309. The Morgan fingerprint density at radius 1 is 1.77 bits per heavy atom. The first-order valence-corrected chi connectivity index (χ1v) is 5.36. The molecule has 0 aliphatic carbocycles. The maximum Gasteiger partial charge on any atom is 0.372 e. The van der Waals surface area contributed by atoms with Gasteiger partial charge in [0.25, 0.3) is 0 Å². The molecule has 5 heteroatoms. The predicted octanol–water partition coefficient (Wildman–Crippen LogP) is 1.46. The summed E-state index contributed by atoms with van der Waals surface area (Å²) in [4.78, 5) is 14.7. The van der Waals surface area contributed by atoms with E-state index in [0.717, 1.165) is 11.4 Å². The molecule has 1 N–H and O–H groups in total. The molecule has 0 aromatic carbocycles. The van der Waals surface area contributed by atoms with Gasteiger partial charge in [-0.15, -0.1) is 0 Å². The summed E-state index contributed by atoms with van der Waals surface area (Å²) in [6.45, 7) is 2.54. The zero-order valence-electron chi connectivity index (χ0n) is 7.65. The van der Waals surface area contributed by atoms with Gasteiger partial charge in [0, 0.05) is 18.5 Å². The van der Waals surface area contributed by atoms with Crippen LogP contribution in [0.25, 0.3) is 0 Å². The summed E-state index contributed by atoms with van der Waals surface area (Å²) in [5.41, 5.74) is 0.826. The van der Waals surface area contributed by atoms with E-state index in [4.69, 9.17) is 5.11 Å². The van der Waals surface area contributed by atoms with Crippen LogP contribution in [0.4, 0.5) is 0 Å². The molecule has 4 nitrogen and oxygen atoms in total. The fourth-order valence-corrected chi connectivity index (χ4v) is 1.53. The third-order valence-electron chi connectivity index (χ3n) is 1.65. The van der Waals surface area contributed by atoms with E-state index in [1.165, 1.54) is 0 Å². The van der Waals surface area contributed by atoms with Crippen LogP contribution in [0.5, 0.6) is 0 Å². The normalized spacial score (nSPS) is 10.3. The van der Waals surface area contributed by atoms with Crippen LogP contribution in [0.15, 0.2) is 6.20 Å². The number of rotatable bonds is 4. The second-order valence-electron chi connectivity index (χ2n) is 2.58. The Morgan fingerprint density at radius 2 is 2.46 bits per heavy atom. The number of carboxylic acid groups (broad SMARTS) is 1. The molecule has 72 valence electrons. The van der Waals surface area contributed by atoms with Gasteiger partial charge in [-0.1, -0.05) is 0 Å². The van der Waals surface area contributed by atoms with Crippen molar-refractivity contribution in [3.63, 3.8) is 0 Å². The summed E-state index contributed by atoms with van der Waals surface area (Å²) in [5, 5.41) is 8.79.